The molecule has 0 atom stereocenters. The Morgan fingerprint density at radius 2 is 1.68 bits per heavy atom. The van der Waals surface area contributed by atoms with Crippen molar-refractivity contribution in [1.82, 2.24) is 19.9 Å². The molecule has 0 aliphatic heterocycles. The molecule has 6 heteroatoms. The van der Waals surface area contributed by atoms with E-state index in [-0.39, 0.29) is 11.2 Å². The number of benzene rings is 2. The fourth-order valence-electron chi connectivity index (χ4n) is 3.99. The van der Waals surface area contributed by atoms with Crippen molar-refractivity contribution in [3.63, 3.8) is 0 Å². The van der Waals surface area contributed by atoms with Crippen molar-refractivity contribution >= 4 is 16.7 Å². The van der Waals surface area contributed by atoms with Gasteiger partial charge in [0.1, 0.15) is 12.3 Å². The SMILES string of the molecule is Cc1ccc(C(C)(C)COc2nc(-c3ccc4ncccc4c3)c(-c3ccccc3)nc2N)[nH]1. The van der Waals surface area contributed by atoms with Gasteiger partial charge in [0.15, 0.2) is 5.82 Å². The fourth-order valence-corrected chi connectivity index (χ4v) is 3.99. The highest BCUT2D eigenvalue weighted by Crippen LogP contribution is 2.35. The maximum Gasteiger partial charge on any atom is 0.257 e. The first-order valence-electron chi connectivity index (χ1n) is 11.3. The van der Waals surface area contributed by atoms with Crippen LogP contribution < -0.4 is 10.5 Å². The van der Waals surface area contributed by atoms with Crippen molar-refractivity contribution in [2.45, 2.75) is 26.2 Å². The zero-order chi connectivity index (χ0) is 23.7. The predicted molar refractivity (Wildman–Crippen MR) is 137 cm³/mol. The average molecular weight is 450 g/mol. The number of hydrogen-bond donors (Lipinski definition) is 2. The van der Waals surface area contributed by atoms with Gasteiger partial charge in [0.05, 0.1) is 11.2 Å². The quantitative estimate of drug-likeness (QED) is 0.335. The van der Waals surface area contributed by atoms with Crippen molar-refractivity contribution in [3.8, 4) is 28.4 Å². The number of nitrogens with one attached hydrogen (secondary N) is 1. The Morgan fingerprint density at radius 1 is 0.882 bits per heavy atom. The lowest BCUT2D eigenvalue weighted by atomic mass is 9.91. The molecular formula is C28H27N5O. The molecule has 3 N–H and O–H groups in total. The first kappa shape index (κ1) is 21.6. The summed E-state index contributed by atoms with van der Waals surface area (Å²) in [5.74, 6) is 0.598. The van der Waals surface area contributed by atoms with E-state index in [1.807, 2.05) is 61.5 Å². The van der Waals surface area contributed by atoms with E-state index in [0.717, 1.165) is 39.1 Å². The van der Waals surface area contributed by atoms with Crippen molar-refractivity contribution in [3.05, 3.63) is 90.4 Å². The monoisotopic (exact) mass is 449 g/mol. The summed E-state index contributed by atoms with van der Waals surface area (Å²) in [6.07, 6.45) is 1.79. The first-order chi connectivity index (χ1) is 16.4. The molecule has 3 aromatic heterocycles. The molecule has 5 rings (SSSR count). The number of hydrogen-bond acceptors (Lipinski definition) is 5. The summed E-state index contributed by atoms with van der Waals surface area (Å²) in [7, 11) is 0. The van der Waals surface area contributed by atoms with Gasteiger partial charge in [0.2, 0.25) is 0 Å². The normalized spacial score (nSPS) is 11.6. The van der Waals surface area contributed by atoms with Gasteiger partial charge in [0, 0.05) is 39.5 Å². The minimum Gasteiger partial charge on any atom is -0.474 e. The van der Waals surface area contributed by atoms with Crippen molar-refractivity contribution in [1.29, 1.82) is 0 Å². The molecule has 0 saturated carbocycles. The van der Waals surface area contributed by atoms with Gasteiger partial charge >= 0.3 is 0 Å². The number of rotatable bonds is 6. The highest BCUT2D eigenvalue weighted by atomic mass is 16.5. The fraction of sp³-hybridized carbons (Fsp3) is 0.179. The minimum absolute atomic E-state index is 0.255. The lowest BCUT2D eigenvalue weighted by Gasteiger charge is -2.24. The Kier molecular flexibility index (Phi) is 5.49. The average Bonchev–Trinajstić information content (AvgIpc) is 3.30. The number of anilines is 1. The molecule has 6 nitrogen and oxygen atoms in total. The molecule has 0 radical (unpaired) electrons. The van der Waals surface area contributed by atoms with E-state index in [1.165, 1.54) is 0 Å². The number of aromatic nitrogens is 4. The Labute approximate surface area is 198 Å². The summed E-state index contributed by atoms with van der Waals surface area (Å²) in [4.78, 5) is 17.5. The molecule has 5 aromatic rings. The van der Waals surface area contributed by atoms with Crippen LogP contribution in [0.3, 0.4) is 0 Å². The van der Waals surface area contributed by atoms with Crippen LogP contribution in [0.5, 0.6) is 5.88 Å². The van der Waals surface area contributed by atoms with Crippen LogP contribution in [0.2, 0.25) is 0 Å². The van der Waals surface area contributed by atoms with Crippen LogP contribution in [0, 0.1) is 6.92 Å². The third-order valence-corrected chi connectivity index (χ3v) is 5.94. The summed E-state index contributed by atoms with van der Waals surface area (Å²) in [6.45, 7) is 6.68. The van der Waals surface area contributed by atoms with Crippen LogP contribution in [-0.4, -0.2) is 26.5 Å². The maximum atomic E-state index is 6.35. The molecule has 0 fully saturated rings. The number of nitrogen functional groups attached to an aromatic ring is 1. The first-order valence-corrected chi connectivity index (χ1v) is 11.3. The second-order valence-electron chi connectivity index (χ2n) is 9.12. The third-order valence-electron chi connectivity index (χ3n) is 5.94. The van der Waals surface area contributed by atoms with Gasteiger partial charge in [-0.1, -0.05) is 56.3 Å². The molecule has 0 bridgehead atoms. The van der Waals surface area contributed by atoms with Gasteiger partial charge in [-0.25, -0.2) is 9.97 Å². The van der Waals surface area contributed by atoms with Gasteiger partial charge < -0.3 is 15.5 Å². The molecule has 0 aliphatic carbocycles. The third kappa shape index (κ3) is 4.22. The van der Waals surface area contributed by atoms with E-state index in [9.17, 15) is 0 Å². The summed E-state index contributed by atoms with van der Waals surface area (Å²) in [5.41, 5.74) is 12.5. The van der Waals surface area contributed by atoms with E-state index < -0.39 is 0 Å². The molecule has 34 heavy (non-hydrogen) atoms. The highest BCUT2D eigenvalue weighted by Gasteiger charge is 2.25. The molecule has 0 saturated heterocycles. The van der Waals surface area contributed by atoms with Gasteiger partial charge in [-0.2, -0.15) is 0 Å². The van der Waals surface area contributed by atoms with Gasteiger partial charge in [-0.3, -0.25) is 4.98 Å². The zero-order valence-electron chi connectivity index (χ0n) is 19.5. The number of aromatic amines is 1. The summed E-state index contributed by atoms with van der Waals surface area (Å²) >= 11 is 0. The van der Waals surface area contributed by atoms with Crippen LogP contribution in [0.15, 0.2) is 79.0 Å². The van der Waals surface area contributed by atoms with E-state index in [2.05, 4.69) is 42.0 Å². The van der Waals surface area contributed by atoms with Gasteiger partial charge in [0.25, 0.3) is 5.88 Å². The predicted octanol–water partition coefficient (Wildman–Crippen LogP) is 5.93. The molecule has 3 heterocycles. The van der Waals surface area contributed by atoms with Crippen LogP contribution in [0.1, 0.15) is 25.2 Å². The number of aryl methyl sites for hydroxylation is 1. The number of fused-ring (bicyclic) bond motifs is 1. The number of nitrogens with zero attached hydrogens (tertiary/aromatic N) is 3. The number of ether oxygens (including phenoxy) is 1. The van der Waals surface area contributed by atoms with E-state index in [0.29, 0.717) is 18.2 Å². The Hall–Kier alpha value is -4.19. The minimum atomic E-state index is -0.255. The molecule has 2 aromatic carbocycles. The molecular weight excluding hydrogens is 422 g/mol. The number of nitrogens with two attached hydrogens (primary N) is 1. The maximum absolute atomic E-state index is 6.35. The largest absolute Gasteiger partial charge is 0.474 e. The molecule has 170 valence electrons. The second kappa shape index (κ2) is 8.63. The van der Waals surface area contributed by atoms with Gasteiger partial charge in [-0.15, -0.1) is 0 Å². The Morgan fingerprint density at radius 3 is 2.44 bits per heavy atom. The summed E-state index contributed by atoms with van der Waals surface area (Å²) < 4.78 is 6.17. The van der Waals surface area contributed by atoms with Crippen molar-refractivity contribution in [2.75, 3.05) is 12.3 Å². The molecule has 0 unspecified atom stereocenters. The molecule has 0 aliphatic rings. The van der Waals surface area contributed by atoms with E-state index >= 15 is 0 Å². The van der Waals surface area contributed by atoms with Crippen LogP contribution in [0.25, 0.3) is 33.4 Å². The Bertz CT molecular complexity index is 1460. The van der Waals surface area contributed by atoms with Gasteiger partial charge in [-0.05, 0) is 37.3 Å². The topological polar surface area (TPSA) is 89.7 Å². The van der Waals surface area contributed by atoms with E-state index in [4.69, 9.17) is 20.4 Å². The molecule has 0 amide bonds. The van der Waals surface area contributed by atoms with E-state index in [1.54, 1.807) is 6.20 Å². The number of pyridine rings is 1. The lowest BCUT2D eigenvalue weighted by Crippen LogP contribution is -2.27. The van der Waals surface area contributed by atoms with Crippen LogP contribution in [0.4, 0.5) is 5.82 Å². The number of H-pyrrole nitrogens is 1. The molecule has 0 spiro atoms. The smallest absolute Gasteiger partial charge is 0.257 e. The second-order valence-corrected chi connectivity index (χ2v) is 9.12. The Balaban J connectivity index is 1.57. The van der Waals surface area contributed by atoms with Crippen LogP contribution in [-0.2, 0) is 5.41 Å². The summed E-state index contributed by atoms with van der Waals surface area (Å²) in [5, 5.41) is 1.03. The lowest BCUT2D eigenvalue weighted by molar-refractivity contribution is 0.230. The summed E-state index contributed by atoms with van der Waals surface area (Å²) in [6, 6.07) is 24.1. The van der Waals surface area contributed by atoms with Crippen LogP contribution >= 0.6 is 0 Å². The van der Waals surface area contributed by atoms with Crippen molar-refractivity contribution in [2.24, 2.45) is 0 Å². The van der Waals surface area contributed by atoms with Crippen molar-refractivity contribution < 1.29 is 4.74 Å². The zero-order valence-corrected chi connectivity index (χ0v) is 19.5. The standard InChI is InChI=1S/C28H27N5O/c1-18-11-14-23(31-18)28(2,3)17-34-27-26(29)32-24(19-8-5-4-6-9-19)25(33-27)21-12-13-22-20(16-21)10-7-15-30-22/h4-16,31H,17H2,1-3H3,(H2,29,32). The highest BCUT2D eigenvalue weighted by molar-refractivity contribution is 5.87.